The van der Waals surface area contributed by atoms with E-state index in [9.17, 15) is 9.59 Å². The summed E-state index contributed by atoms with van der Waals surface area (Å²) in [5.74, 6) is -0.890. The summed E-state index contributed by atoms with van der Waals surface area (Å²) in [5.41, 5.74) is 5.23. The smallest absolute Gasteiger partial charge is 0.338 e. The molecule has 0 radical (unpaired) electrons. The van der Waals surface area contributed by atoms with Gasteiger partial charge in [0.1, 0.15) is 0 Å². The average Bonchev–Trinajstić information content (AvgIpc) is 2.61. The summed E-state index contributed by atoms with van der Waals surface area (Å²) in [6.45, 7) is 9.98. The SMILES string of the molecule is Cc1cc(C)c(NC(=O)COC(=O)c2ccc(COC(C)C)cc2)c(C)c1. The lowest BCUT2D eigenvalue weighted by Crippen LogP contribution is -2.22. The van der Waals surface area contributed by atoms with E-state index in [1.54, 1.807) is 12.1 Å². The van der Waals surface area contributed by atoms with Gasteiger partial charge in [-0.1, -0.05) is 29.8 Å². The van der Waals surface area contributed by atoms with Crippen LogP contribution in [0.3, 0.4) is 0 Å². The maximum atomic E-state index is 12.1. The number of hydrogen-bond donors (Lipinski definition) is 1. The molecular formula is C22H27NO4. The number of carbonyl (C=O) groups excluding carboxylic acids is 2. The first-order valence-corrected chi connectivity index (χ1v) is 9.01. The summed E-state index contributed by atoms with van der Waals surface area (Å²) in [4.78, 5) is 24.3. The Morgan fingerprint density at radius 2 is 1.59 bits per heavy atom. The number of esters is 1. The monoisotopic (exact) mass is 369 g/mol. The highest BCUT2D eigenvalue weighted by atomic mass is 16.5. The summed E-state index contributed by atoms with van der Waals surface area (Å²) in [7, 11) is 0. The Labute approximate surface area is 160 Å². The maximum absolute atomic E-state index is 12.1. The first-order valence-electron chi connectivity index (χ1n) is 9.01. The highest BCUT2D eigenvalue weighted by Gasteiger charge is 2.12. The Bertz CT molecular complexity index is 787. The van der Waals surface area contributed by atoms with Crippen molar-refractivity contribution < 1.29 is 19.1 Å². The lowest BCUT2D eigenvalue weighted by Gasteiger charge is -2.13. The van der Waals surface area contributed by atoms with E-state index in [-0.39, 0.29) is 18.6 Å². The minimum absolute atomic E-state index is 0.147. The number of rotatable bonds is 7. The topological polar surface area (TPSA) is 64.6 Å². The zero-order valence-electron chi connectivity index (χ0n) is 16.6. The van der Waals surface area contributed by atoms with Gasteiger partial charge in [0.05, 0.1) is 18.3 Å². The van der Waals surface area contributed by atoms with Gasteiger partial charge in [-0.25, -0.2) is 4.79 Å². The van der Waals surface area contributed by atoms with Gasteiger partial charge in [-0.3, -0.25) is 4.79 Å². The van der Waals surface area contributed by atoms with Gasteiger partial charge in [0, 0.05) is 5.69 Å². The van der Waals surface area contributed by atoms with Crippen LogP contribution in [0, 0.1) is 20.8 Å². The zero-order chi connectivity index (χ0) is 20.0. The quantitative estimate of drug-likeness (QED) is 0.738. The molecule has 1 amide bonds. The van der Waals surface area contributed by atoms with E-state index >= 15 is 0 Å². The largest absolute Gasteiger partial charge is 0.452 e. The van der Waals surface area contributed by atoms with Crippen LogP contribution < -0.4 is 5.32 Å². The van der Waals surface area contributed by atoms with Crippen LogP contribution in [0.25, 0.3) is 0 Å². The van der Waals surface area contributed by atoms with Crippen molar-refractivity contribution in [2.75, 3.05) is 11.9 Å². The molecule has 5 heteroatoms. The van der Waals surface area contributed by atoms with E-state index in [0.717, 1.165) is 27.9 Å². The normalized spacial score (nSPS) is 10.7. The summed E-state index contributed by atoms with van der Waals surface area (Å²) < 4.78 is 10.6. The van der Waals surface area contributed by atoms with Crippen molar-refractivity contribution in [3.05, 3.63) is 64.2 Å². The second-order valence-electron chi connectivity index (χ2n) is 6.95. The van der Waals surface area contributed by atoms with Crippen LogP contribution in [0.15, 0.2) is 36.4 Å². The highest BCUT2D eigenvalue weighted by Crippen LogP contribution is 2.21. The first-order chi connectivity index (χ1) is 12.8. The Balaban J connectivity index is 1.89. The predicted molar refractivity (Wildman–Crippen MR) is 106 cm³/mol. The van der Waals surface area contributed by atoms with E-state index in [0.29, 0.717) is 12.2 Å². The second kappa shape index (κ2) is 9.33. The van der Waals surface area contributed by atoms with Crippen LogP contribution in [-0.2, 0) is 20.9 Å². The van der Waals surface area contributed by atoms with Crippen LogP contribution in [-0.4, -0.2) is 24.6 Å². The van der Waals surface area contributed by atoms with Crippen LogP contribution in [0.2, 0.25) is 0 Å². The fraction of sp³-hybridized carbons (Fsp3) is 0.364. The summed E-state index contributed by atoms with van der Waals surface area (Å²) in [5, 5.41) is 2.82. The van der Waals surface area contributed by atoms with Crippen molar-refractivity contribution in [2.24, 2.45) is 0 Å². The summed E-state index contributed by atoms with van der Waals surface area (Å²) >= 11 is 0. The highest BCUT2D eigenvalue weighted by molar-refractivity contribution is 5.96. The van der Waals surface area contributed by atoms with Crippen molar-refractivity contribution in [1.82, 2.24) is 0 Å². The molecule has 0 aromatic heterocycles. The van der Waals surface area contributed by atoms with E-state index in [1.165, 1.54) is 0 Å². The van der Waals surface area contributed by atoms with Crippen LogP contribution in [0.1, 0.15) is 46.5 Å². The molecule has 0 atom stereocenters. The van der Waals surface area contributed by atoms with E-state index in [1.807, 2.05) is 58.9 Å². The molecule has 0 saturated heterocycles. The number of benzene rings is 2. The number of ether oxygens (including phenoxy) is 2. The average molecular weight is 369 g/mol. The molecule has 2 rings (SSSR count). The number of aryl methyl sites for hydroxylation is 3. The third-order valence-electron chi connectivity index (χ3n) is 4.05. The number of anilines is 1. The molecule has 1 N–H and O–H groups in total. The molecule has 0 aliphatic rings. The Morgan fingerprint density at radius 3 is 2.15 bits per heavy atom. The van der Waals surface area contributed by atoms with Gasteiger partial charge >= 0.3 is 5.97 Å². The van der Waals surface area contributed by atoms with Crippen molar-refractivity contribution in [2.45, 2.75) is 47.3 Å². The standard InChI is InChI=1S/C22H27NO4/c1-14(2)26-12-18-6-8-19(9-7-18)22(25)27-13-20(24)23-21-16(4)10-15(3)11-17(21)5/h6-11,14H,12-13H2,1-5H3,(H,23,24). The van der Waals surface area contributed by atoms with Gasteiger partial charge in [-0.05, 0) is 63.4 Å². The molecule has 144 valence electrons. The Morgan fingerprint density at radius 1 is 1.00 bits per heavy atom. The Kier molecular flexibility index (Phi) is 7.13. The lowest BCUT2D eigenvalue weighted by atomic mass is 10.1. The number of carbonyl (C=O) groups is 2. The van der Waals surface area contributed by atoms with Crippen LogP contribution in [0.4, 0.5) is 5.69 Å². The molecule has 0 bridgehead atoms. The summed E-state index contributed by atoms with van der Waals surface area (Å²) in [6, 6.07) is 11.0. The van der Waals surface area contributed by atoms with Gasteiger partial charge in [-0.2, -0.15) is 0 Å². The zero-order valence-corrected chi connectivity index (χ0v) is 16.6. The maximum Gasteiger partial charge on any atom is 0.338 e. The van der Waals surface area contributed by atoms with E-state index in [2.05, 4.69) is 5.32 Å². The second-order valence-corrected chi connectivity index (χ2v) is 6.95. The fourth-order valence-corrected chi connectivity index (χ4v) is 2.77. The Hall–Kier alpha value is -2.66. The van der Waals surface area contributed by atoms with Crippen LogP contribution in [0.5, 0.6) is 0 Å². The number of nitrogens with one attached hydrogen (secondary N) is 1. The molecular weight excluding hydrogens is 342 g/mol. The molecule has 0 aliphatic heterocycles. The van der Waals surface area contributed by atoms with Gasteiger partial charge in [0.25, 0.3) is 5.91 Å². The molecule has 0 unspecified atom stereocenters. The molecule has 27 heavy (non-hydrogen) atoms. The van der Waals surface area contributed by atoms with Crippen molar-refractivity contribution in [1.29, 1.82) is 0 Å². The van der Waals surface area contributed by atoms with Crippen molar-refractivity contribution >= 4 is 17.6 Å². The van der Waals surface area contributed by atoms with Crippen molar-refractivity contribution in [3.8, 4) is 0 Å². The number of amides is 1. The molecule has 5 nitrogen and oxygen atoms in total. The first kappa shape index (κ1) is 20.6. The molecule has 0 spiro atoms. The summed E-state index contributed by atoms with van der Waals surface area (Å²) in [6.07, 6.45) is 0.147. The minimum Gasteiger partial charge on any atom is -0.452 e. The predicted octanol–water partition coefficient (Wildman–Crippen LogP) is 4.33. The molecule has 0 fully saturated rings. The molecule has 0 heterocycles. The van der Waals surface area contributed by atoms with Gasteiger partial charge in [-0.15, -0.1) is 0 Å². The third-order valence-corrected chi connectivity index (χ3v) is 4.05. The minimum atomic E-state index is -0.529. The van der Waals surface area contributed by atoms with Gasteiger partial charge in [0.15, 0.2) is 6.61 Å². The van der Waals surface area contributed by atoms with Crippen LogP contribution >= 0.6 is 0 Å². The molecule has 0 saturated carbocycles. The lowest BCUT2D eigenvalue weighted by molar-refractivity contribution is -0.119. The number of hydrogen-bond acceptors (Lipinski definition) is 4. The molecule has 0 aliphatic carbocycles. The van der Waals surface area contributed by atoms with Gasteiger partial charge < -0.3 is 14.8 Å². The van der Waals surface area contributed by atoms with Gasteiger partial charge in [0.2, 0.25) is 0 Å². The fourth-order valence-electron chi connectivity index (χ4n) is 2.77. The van der Waals surface area contributed by atoms with Crippen molar-refractivity contribution in [3.63, 3.8) is 0 Å². The molecule has 2 aromatic carbocycles. The van der Waals surface area contributed by atoms with E-state index in [4.69, 9.17) is 9.47 Å². The van der Waals surface area contributed by atoms with E-state index < -0.39 is 5.97 Å². The third kappa shape index (κ3) is 6.22. The molecule has 2 aromatic rings.